The Morgan fingerprint density at radius 3 is 2.21 bits per heavy atom. The van der Waals surface area contributed by atoms with Crippen molar-refractivity contribution in [3.8, 4) is 5.75 Å². The maximum Gasteiger partial charge on any atom is 0.416 e. The van der Waals surface area contributed by atoms with Gasteiger partial charge in [-0.25, -0.2) is 10.4 Å². The van der Waals surface area contributed by atoms with Crippen molar-refractivity contribution in [2.45, 2.75) is 43.4 Å². The van der Waals surface area contributed by atoms with Crippen LogP contribution in [-0.2, 0) is 28.4 Å². The lowest BCUT2D eigenvalue weighted by atomic mass is 9.84. The molecule has 4 aromatic rings. The number of aliphatic imine (C=N–C) groups is 1. The lowest BCUT2D eigenvalue weighted by Crippen LogP contribution is -2.52. The van der Waals surface area contributed by atoms with E-state index in [1.165, 1.54) is 6.07 Å². The van der Waals surface area contributed by atoms with Gasteiger partial charge in [0.2, 0.25) is 5.90 Å². The largest absolute Gasteiger partial charge is 0.494 e. The van der Waals surface area contributed by atoms with Crippen LogP contribution in [0.5, 0.6) is 5.75 Å². The molecule has 0 spiro atoms. The summed E-state index contributed by atoms with van der Waals surface area (Å²) in [6.45, 7) is -0.355. The van der Waals surface area contributed by atoms with Crippen LogP contribution in [0.2, 0.25) is 10.0 Å². The van der Waals surface area contributed by atoms with E-state index in [0.29, 0.717) is 40.5 Å². The molecule has 1 heterocycles. The van der Waals surface area contributed by atoms with Crippen molar-refractivity contribution in [2.24, 2.45) is 4.99 Å². The first-order chi connectivity index (χ1) is 24.7. The van der Waals surface area contributed by atoms with E-state index in [9.17, 15) is 31.1 Å². The van der Waals surface area contributed by atoms with Crippen LogP contribution in [0.15, 0.2) is 102 Å². The summed E-state index contributed by atoms with van der Waals surface area (Å²) in [7, 11) is 0. The fraction of sp³-hybridized carbons (Fsp3) is 0.243. The van der Waals surface area contributed by atoms with Crippen molar-refractivity contribution in [3.63, 3.8) is 0 Å². The first kappa shape index (κ1) is 38.7. The molecule has 274 valence electrons. The predicted octanol–water partition coefficient (Wildman–Crippen LogP) is 8.97. The van der Waals surface area contributed by atoms with Crippen molar-refractivity contribution >= 4 is 41.1 Å². The van der Waals surface area contributed by atoms with Crippen LogP contribution < -0.4 is 15.6 Å². The van der Waals surface area contributed by atoms with Crippen molar-refractivity contribution in [2.75, 3.05) is 13.2 Å². The average molecular weight is 767 g/mol. The van der Waals surface area contributed by atoms with Gasteiger partial charge in [0.15, 0.2) is 11.6 Å². The third-order valence-corrected chi connectivity index (χ3v) is 8.52. The Bertz CT molecular complexity index is 1890. The zero-order chi connectivity index (χ0) is 37.5. The molecule has 2 atom stereocenters. The lowest BCUT2D eigenvalue weighted by Gasteiger charge is -2.30. The summed E-state index contributed by atoms with van der Waals surface area (Å²) in [5.41, 5.74) is 1.34. The highest BCUT2D eigenvalue weighted by Crippen LogP contribution is 2.45. The number of rotatable bonds is 13. The molecule has 0 bridgehead atoms. The number of benzene rings is 4. The third kappa shape index (κ3) is 9.45. The summed E-state index contributed by atoms with van der Waals surface area (Å²) in [4.78, 5) is 19.1. The molecule has 0 aromatic heterocycles. The first-order valence-electron chi connectivity index (χ1n) is 15.8. The maximum absolute atomic E-state index is 14.3. The van der Waals surface area contributed by atoms with E-state index in [-0.39, 0.29) is 42.2 Å². The molecular formula is C37H31Cl2F6N3O4. The number of hydrogen-bond acceptors (Lipinski definition) is 6. The molecule has 1 amide bonds. The van der Waals surface area contributed by atoms with Gasteiger partial charge in [0.1, 0.15) is 5.75 Å². The van der Waals surface area contributed by atoms with E-state index < -0.39 is 47.6 Å². The highest BCUT2D eigenvalue weighted by molar-refractivity contribution is 6.35. The molecular weight excluding hydrogens is 735 g/mol. The van der Waals surface area contributed by atoms with Gasteiger partial charge in [-0.3, -0.25) is 10.2 Å². The number of halogens is 8. The molecule has 0 fully saturated rings. The molecule has 1 aliphatic rings. The monoisotopic (exact) mass is 765 g/mol. The molecule has 7 nitrogen and oxygen atoms in total. The Kier molecular flexibility index (Phi) is 12.2. The van der Waals surface area contributed by atoms with Crippen LogP contribution in [0.3, 0.4) is 0 Å². The lowest BCUT2D eigenvalue weighted by molar-refractivity contribution is -0.143. The van der Waals surface area contributed by atoms with E-state index in [0.717, 1.165) is 5.56 Å². The second-order valence-corrected chi connectivity index (χ2v) is 12.5. The number of hydrazine groups is 1. The van der Waals surface area contributed by atoms with Gasteiger partial charge in [-0.2, -0.15) is 26.3 Å². The van der Waals surface area contributed by atoms with Gasteiger partial charge in [0, 0.05) is 47.2 Å². The summed E-state index contributed by atoms with van der Waals surface area (Å²) < 4.78 is 92.9. The summed E-state index contributed by atoms with van der Waals surface area (Å²) >= 11 is 12.8. The van der Waals surface area contributed by atoms with Crippen molar-refractivity contribution in [3.05, 3.63) is 140 Å². The van der Waals surface area contributed by atoms with Crippen molar-refractivity contribution < 1.29 is 45.7 Å². The van der Waals surface area contributed by atoms with Crippen molar-refractivity contribution in [1.82, 2.24) is 10.9 Å². The highest BCUT2D eigenvalue weighted by atomic mass is 35.5. The Morgan fingerprint density at radius 1 is 0.923 bits per heavy atom. The normalized spacial score (nSPS) is 17.6. The fourth-order valence-electron chi connectivity index (χ4n) is 5.40. The number of hydrogen-bond donors (Lipinski definition) is 3. The van der Waals surface area contributed by atoms with Gasteiger partial charge in [-0.1, -0.05) is 71.8 Å². The van der Waals surface area contributed by atoms with Crippen molar-refractivity contribution in [1.29, 1.82) is 0 Å². The number of nitrogens with one attached hydrogen (secondary N) is 2. The summed E-state index contributed by atoms with van der Waals surface area (Å²) in [6, 6.07) is 21.5. The number of amides is 1. The van der Waals surface area contributed by atoms with Gasteiger partial charge in [0.05, 0.1) is 17.7 Å². The van der Waals surface area contributed by atoms with Crippen LogP contribution in [0.25, 0.3) is 6.08 Å². The number of aliphatic hydroxyl groups is 1. The Morgan fingerprint density at radius 2 is 1.60 bits per heavy atom. The average Bonchev–Trinajstić information content (AvgIpc) is 3.48. The Labute approximate surface area is 304 Å². The van der Waals surface area contributed by atoms with Gasteiger partial charge in [-0.05, 0) is 65.7 Å². The molecule has 3 N–H and O–H groups in total. The number of nitrogens with zero attached hydrogens (tertiary/aromatic N) is 1. The Hall–Kier alpha value is -4.56. The molecule has 5 rings (SSSR count). The van der Waals surface area contributed by atoms with Crippen LogP contribution in [-0.4, -0.2) is 35.7 Å². The minimum absolute atomic E-state index is 0.0243. The van der Waals surface area contributed by atoms with Gasteiger partial charge < -0.3 is 14.6 Å². The fourth-order valence-corrected chi connectivity index (χ4v) is 5.91. The molecule has 1 aliphatic heterocycles. The van der Waals surface area contributed by atoms with Gasteiger partial charge in [0.25, 0.3) is 5.91 Å². The van der Waals surface area contributed by atoms with Crippen LogP contribution in [0.1, 0.15) is 52.3 Å². The second-order valence-electron chi connectivity index (χ2n) is 11.7. The number of aliphatic hydroxyl groups excluding tert-OH is 1. The van der Waals surface area contributed by atoms with E-state index in [1.54, 1.807) is 48.6 Å². The standard InChI is InChI=1S/C37H31Cl2F6N3O4/c38-28-11-14-30(31(39)21-28)32-35(15-4-8-23-6-2-1-3-7-23,47-33(52-32)25-9-12-29(13-10-25)51-17-5-16-49)34(50)48-46-22-24-18-26(36(40,41)42)20-27(19-24)37(43,44)45/h1-4,6-14,18-21,32,46,49H,5,15-17,22H2,(H,48,50)/b8-4+/t32-,35-/m0/s1. The van der Waals surface area contributed by atoms with E-state index in [1.807, 2.05) is 30.3 Å². The van der Waals surface area contributed by atoms with Gasteiger partial charge in [-0.15, -0.1) is 0 Å². The highest BCUT2D eigenvalue weighted by Gasteiger charge is 2.53. The van der Waals surface area contributed by atoms with E-state index in [2.05, 4.69) is 10.9 Å². The van der Waals surface area contributed by atoms with Gasteiger partial charge >= 0.3 is 12.4 Å². The van der Waals surface area contributed by atoms with E-state index >= 15 is 0 Å². The molecule has 15 heteroatoms. The summed E-state index contributed by atoms with van der Waals surface area (Å²) in [5, 5.41) is 9.51. The minimum atomic E-state index is -5.05. The Balaban J connectivity index is 1.52. The smallest absolute Gasteiger partial charge is 0.416 e. The quantitative estimate of drug-likeness (QED) is 0.0719. The number of carbonyl (C=O) groups excluding carboxylic acids is 1. The molecule has 0 saturated carbocycles. The topological polar surface area (TPSA) is 92.2 Å². The number of ether oxygens (including phenoxy) is 2. The minimum Gasteiger partial charge on any atom is -0.494 e. The third-order valence-electron chi connectivity index (χ3n) is 7.96. The number of carbonyl (C=O) groups is 1. The van der Waals surface area contributed by atoms with Crippen LogP contribution in [0, 0.1) is 0 Å². The molecule has 52 heavy (non-hydrogen) atoms. The predicted molar refractivity (Wildman–Crippen MR) is 185 cm³/mol. The molecule has 0 radical (unpaired) electrons. The SMILES string of the molecule is O=C(NNCc1cc(C(F)(F)F)cc(C(F)(F)F)c1)[C@@]1(C/C=C/c2ccccc2)N=C(c2ccc(OCCCO)cc2)O[C@H]1c1ccc(Cl)cc1Cl. The molecule has 0 unspecified atom stereocenters. The second kappa shape index (κ2) is 16.4. The molecule has 0 aliphatic carbocycles. The number of alkyl halides is 6. The first-order valence-corrected chi connectivity index (χ1v) is 16.5. The van der Waals surface area contributed by atoms with Crippen LogP contribution >= 0.6 is 23.2 Å². The van der Waals surface area contributed by atoms with Crippen LogP contribution in [0.4, 0.5) is 26.3 Å². The summed E-state index contributed by atoms with van der Waals surface area (Å²) in [5.74, 6) is -0.257. The zero-order valence-electron chi connectivity index (χ0n) is 27.1. The molecule has 4 aromatic carbocycles. The summed E-state index contributed by atoms with van der Waals surface area (Å²) in [6.07, 6.45) is -7.48. The zero-order valence-corrected chi connectivity index (χ0v) is 28.6. The van der Waals surface area contributed by atoms with E-state index in [4.69, 9.17) is 42.8 Å². The molecule has 0 saturated heterocycles. The maximum atomic E-state index is 14.3.